The molecule has 0 aliphatic rings. The third kappa shape index (κ3) is 6.09. The molecule has 0 fully saturated rings. The minimum absolute atomic E-state index is 0.196. The maximum Gasteiger partial charge on any atom is 0.321 e. The molecule has 4 aromatic rings. The molecule has 8 heteroatoms. The highest BCUT2D eigenvalue weighted by Gasteiger charge is 2.20. The topological polar surface area (TPSA) is 83.6 Å². The van der Waals surface area contributed by atoms with Gasteiger partial charge in [0.05, 0.1) is 6.61 Å². The Kier molecular flexibility index (Phi) is 8.18. The van der Waals surface area contributed by atoms with Crippen LogP contribution in [0, 0.1) is 0 Å². The minimum Gasteiger partial charge on any atom is -0.490 e. The summed E-state index contributed by atoms with van der Waals surface area (Å²) in [5.41, 5.74) is 3.52. The molecule has 0 aliphatic carbocycles. The average molecular weight is 513 g/mol. The molecule has 0 bridgehead atoms. The highest BCUT2D eigenvalue weighted by molar-refractivity contribution is 6.35. The third-order valence-corrected chi connectivity index (χ3v) is 6.40. The summed E-state index contributed by atoms with van der Waals surface area (Å²) < 4.78 is 11.7. The molecule has 0 saturated heterocycles. The van der Waals surface area contributed by atoms with Crippen molar-refractivity contribution in [3.8, 4) is 11.5 Å². The van der Waals surface area contributed by atoms with Gasteiger partial charge in [-0.15, -0.1) is 0 Å². The van der Waals surface area contributed by atoms with Crippen LogP contribution in [0.25, 0.3) is 10.9 Å². The Morgan fingerprint density at radius 1 is 1.03 bits per heavy atom. The van der Waals surface area contributed by atoms with Gasteiger partial charge in [-0.3, -0.25) is 4.79 Å². The number of carboxylic acids is 1. The first-order chi connectivity index (χ1) is 17.0. The number of carboxylic acid groups (broad SMARTS) is 1. The Morgan fingerprint density at radius 3 is 2.54 bits per heavy atom. The number of carbonyl (C=O) groups is 1. The monoisotopic (exact) mass is 512 g/mol. The Balaban J connectivity index is 1.45. The lowest BCUT2D eigenvalue weighted by Crippen LogP contribution is -2.38. The lowest BCUT2D eigenvalue weighted by atomic mass is 10.0. The summed E-state index contributed by atoms with van der Waals surface area (Å²) >= 11 is 12.5. The van der Waals surface area contributed by atoms with E-state index in [-0.39, 0.29) is 6.61 Å². The summed E-state index contributed by atoms with van der Waals surface area (Å²) in [4.78, 5) is 15.1. The fraction of sp³-hybridized carbons (Fsp3) is 0.222. The van der Waals surface area contributed by atoms with Crippen molar-refractivity contribution in [2.24, 2.45) is 0 Å². The molecule has 0 amide bonds. The van der Waals surface area contributed by atoms with Crippen molar-refractivity contribution >= 4 is 40.1 Å². The maximum atomic E-state index is 11.9. The first-order valence-electron chi connectivity index (χ1n) is 11.3. The second-order valence-electron chi connectivity index (χ2n) is 8.04. The van der Waals surface area contributed by atoms with Gasteiger partial charge in [-0.05, 0) is 48.4 Å². The molecular formula is C27H26Cl2N2O4. The number of H-pyrrole nitrogens is 1. The molecule has 0 radical (unpaired) electrons. The van der Waals surface area contributed by atoms with Gasteiger partial charge in [-0.1, -0.05) is 53.5 Å². The van der Waals surface area contributed by atoms with Crippen molar-refractivity contribution in [1.29, 1.82) is 0 Å². The second kappa shape index (κ2) is 11.5. The summed E-state index contributed by atoms with van der Waals surface area (Å²) in [5, 5.41) is 15.0. The van der Waals surface area contributed by atoms with E-state index in [0.29, 0.717) is 46.7 Å². The number of nitrogens with one attached hydrogen (secondary N) is 2. The van der Waals surface area contributed by atoms with Crippen LogP contribution in [0.15, 0.2) is 66.9 Å². The molecule has 1 atom stereocenters. The van der Waals surface area contributed by atoms with Crippen LogP contribution in [0.1, 0.15) is 23.6 Å². The molecule has 3 aromatic carbocycles. The van der Waals surface area contributed by atoms with Gasteiger partial charge in [0.1, 0.15) is 12.6 Å². The number of ether oxygens (including phenoxy) is 2. The zero-order valence-electron chi connectivity index (χ0n) is 19.2. The average Bonchev–Trinajstić information content (AvgIpc) is 3.25. The van der Waals surface area contributed by atoms with Gasteiger partial charge < -0.3 is 24.9 Å². The first-order valence-corrected chi connectivity index (χ1v) is 12.0. The third-order valence-electron chi connectivity index (χ3n) is 5.69. The summed E-state index contributed by atoms with van der Waals surface area (Å²) in [6.07, 6.45) is 2.23. The van der Waals surface area contributed by atoms with Crippen LogP contribution >= 0.6 is 23.2 Å². The van der Waals surface area contributed by atoms with Gasteiger partial charge in [-0.25, -0.2) is 0 Å². The smallest absolute Gasteiger partial charge is 0.321 e. The zero-order valence-corrected chi connectivity index (χ0v) is 20.7. The maximum absolute atomic E-state index is 11.9. The van der Waals surface area contributed by atoms with E-state index in [1.807, 2.05) is 55.6 Å². The van der Waals surface area contributed by atoms with E-state index in [1.165, 1.54) is 0 Å². The van der Waals surface area contributed by atoms with Crippen molar-refractivity contribution < 1.29 is 19.4 Å². The summed E-state index contributed by atoms with van der Waals surface area (Å²) in [6.45, 7) is 2.90. The molecule has 6 nitrogen and oxygen atoms in total. The molecule has 3 N–H and O–H groups in total. The number of rotatable bonds is 11. The fourth-order valence-corrected chi connectivity index (χ4v) is 4.38. The quantitative estimate of drug-likeness (QED) is 0.221. The Hall–Kier alpha value is -3.19. The SMILES string of the molecule is CCOc1cc(CN[C@H](Cc2c[nH]c3ccccc23)C(=O)O)ccc1OCc1c(Cl)cccc1Cl. The number of aliphatic carboxylic acids is 1. The molecule has 0 saturated carbocycles. The van der Waals surface area contributed by atoms with Crippen LogP contribution in [-0.2, 0) is 24.4 Å². The predicted octanol–water partition coefficient (Wildman–Crippen LogP) is 6.24. The van der Waals surface area contributed by atoms with E-state index in [1.54, 1.807) is 18.2 Å². The van der Waals surface area contributed by atoms with Gasteiger partial charge in [0.2, 0.25) is 0 Å². The second-order valence-corrected chi connectivity index (χ2v) is 8.85. The van der Waals surface area contributed by atoms with E-state index in [9.17, 15) is 9.90 Å². The number of hydrogen-bond acceptors (Lipinski definition) is 4. The summed E-state index contributed by atoms with van der Waals surface area (Å²) in [5.74, 6) is 0.218. The number of benzene rings is 3. The van der Waals surface area contributed by atoms with E-state index < -0.39 is 12.0 Å². The van der Waals surface area contributed by atoms with Crippen LogP contribution in [-0.4, -0.2) is 28.7 Å². The minimum atomic E-state index is -0.906. The van der Waals surface area contributed by atoms with E-state index in [2.05, 4.69) is 10.3 Å². The molecule has 1 aromatic heterocycles. The van der Waals surface area contributed by atoms with Crippen LogP contribution in [0.4, 0.5) is 0 Å². The van der Waals surface area contributed by atoms with Crippen molar-refractivity contribution in [2.45, 2.75) is 32.5 Å². The molecule has 182 valence electrons. The van der Waals surface area contributed by atoms with Crippen molar-refractivity contribution in [1.82, 2.24) is 10.3 Å². The van der Waals surface area contributed by atoms with Crippen LogP contribution < -0.4 is 14.8 Å². The van der Waals surface area contributed by atoms with Gasteiger partial charge in [0.25, 0.3) is 0 Å². The number of aromatic amines is 1. The Bertz CT molecular complexity index is 1300. The number of aromatic nitrogens is 1. The fourth-order valence-electron chi connectivity index (χ4n) is 3.88. The van der Waals surface area contributed by atoms with E-state index in [4.69, 9.17) is 32.7 Å². The predicted molar refractivity (Wildman–Crippen MR) is 139 cm³/mol. The van der Waals surface area contributed by atoms with Crippen LogP contribution in [0.5, 0.6) is 11.5 Å². The number of para-hydroxylation sites is 1. The molecule has 4 rings (SSSR count). The number of fused-ring (bicyclic) bond motifs is 1. The standard InChI is InChI=1S/C27H26Cl2N2O4/c1-2-34-26-12-17(10-11-25(26)35-16-20-21(28)7-5-8-22(20)29)14-30-24(27(32)33)13-18-15-31-23-9-4-3-6-19(18)23/h3-12,15,24,30-31H,2,13-14,16H2,1H3,(H,32,33)/t24-/m1/s1. The highest BCUT2D eigenvalue weighted by Crippen LogP contribution is 2.32. The molecule has 0 aliphatic heterocycles. The Labute approximate surface area is 213 Å². The van der Waals surface area contributed by atoms with Crippen molar-refractivity contribution in [2.75, 3.05) is 6.61 Å². The van der Waals surface area contributed by atoms with E-state index in [0.717, 1.165) is 22.0 Å². The van der Waals surface area contributed by atoms with Gasteiger partial charge in [0.15, 0.2) is 11.5 Å². The number of halogens is 2. The lowest BCUT2D eigenvalue weighted by molar-refractivity contribution is -0.139. The number of hydrogen-bond donors (Lipinski definition) is 3. The van der Waals surface area contributed by atoms with Crippen molar-refractivity contribution in [3.63, 3.8) is 0 Å². The summed E-state index contributed by atoms with van der Waals surface area (Å²) in [6, 6.07) is 18.0. The van der Waals surface area contributed by atoms with Crippen LogP contribution in [0.2, 0.25) is 10.0 Å². The molecule has 35 heavy (non-hydrogen) atoms. The van der Waals surface area contributed by atoms with Gasteiger partial charge in [0, 0.05) is 45.7 Å². The first kappa shape index (κ1) is 24.9. The molecule has 0 spiro atoms. The zero-order chi connectivity index (χ0) is 24.8. The highest BCUT2D eigenvalue weighted by atomic mass is 35.5. The van der Waals surface area contributed by atoms with Crippen molar-refractivity contribution in [3.05, 3.63) is 93.6 Å². The van der Waals surface area contributed by atoms with Gasteiger partial charge in [-0.2, -0.15) is 0 Å². The Morgan fingerprint density at radius 2 is 1.80 bits per heavy atom. The largest absolute Gasteiger partial charge is 0.490 e. The lowest BCUT2D eigenvalue weighted by Gasteiger charge is -2.17. The molecule has 0 unspecified atom stereocenters. The summed E-state index contributed by atoms with van der Waals surface area (Å²) in [7, 11) is 0. The van der Waals surface area contributed by atoms with Crippen LogP contribution in [0.3, 0.4) is 0 Å². The van der Waals surface area contributed by atoms with Gasteiger partial charge >= 0.3 is 5.97 Å². The normalized spacial score (nSPS) is 12.0. The van der Waals surface area contributed by atoms with E-state index >= 15 is 0 Å². The molecule has 1 heterocycles. The molecular weight excluding hydrogens is 487 g/mol.